The molecule has 2 aromatic heterocycles. The molecule has 0 aliphatic carbocycles. The Morgan fingerprint density at radius 1 is 1.37 bits per heavy atom. The molecule has 27 heavy (non-hydrogen) atoms. The second kappa shape index (κ2) is 6.55. The molecule has 2 saturated heterocycles. The first kappa shape index (κ1) is 18.4. The molecule has 0 spiro atoms. The van der Waals surface area contributed by atoms with Crippen molar-refractivity contribution in [1.82, 2.24) is 19.5 Å². The molecule has 2 aromatic rings. The van der Waals surface area contributed by atoms with Gasteiger partial charge in [-0.1, -0.05) is 13.8 Å². The van der Waals surface area contributed by atoms with E-state index in [1.54, 1.807) is 10.9 Å². The number of hydrogen-bond donors (Lipinski definition) is 3. The first-order valence-electron chi connectivity index (χ1n) is 9.21. The fourth-order valence-electron chi connectivity index (χ4n) is 3.57. The zero-order valence-electron chi connectivity index (χ0n) is 15.9. The highest BCUT2D eigenvalue weighted by Crippen LogP contribution is 2.43. The summed E-state index contributed by atoms with van der Waals surface area (Å²) >= 11 is 0. The average molecular weight is 378 g/mol. The standard InChI is InChI=1S/C17H26N6O4/c1-8(2)6-19-16-21-13-10(14(24)22-16)20-7-23(13)15-12-11(9(5-18)25-15)26-17(3,4)27-12/h7-9,11-12,15H,5-6,18H2,1-4H3,(H2,19,21,22,24)/t9-,11+,12?,15-/m1/s1. The molecule has 1 unspecified atom stereocenters. The highest BCUT2D eigenvalue weighted by Gasteiger charge is 2.55. The summed E-state index contributed by atoms with van der Waals surface area (Å²) in [5.74, 6) is 0.0824. The van der Waals surface area contributed by atoms with E-state index in [9.17, 15) is 4.79 Å². The van der Waals surface area contributed by atoms with Crippen LogP contribution in [0.1, 0.15) is 33.9 Å². The SMILES string of the molecule is CC(C)CNc1nc2c(ncn2[C@@H]2O[C@H](CN)[C@@H]3OC(C)(C)OC32)c(=O)[nH]1. The first-order chi connectivity index (χ1) is 12.8. The fraction of sp³-hybridized carbons (Fsp3) is 0.706. The van der Waals surface area contributed by atoms with E-state index in [2.05, 4.69) is 34.1 Å². The third-order valence-electron chi connectivity index (χ3n) is 4.74. The summed E-state index contributed by atoms with van der Waals surface area (Å²) in [7, 11) is 0. The van der Waals surface area contributed by atoms with Crippen LogP contribution in [0.25, 0.3) is 11.2 Å². The van der Waals surface area contributed by atoms with E-state index in [-0.39, 0.29) is 29.4 Å². The lowest BCUT2D eigenvalue weighted by atomic mass is 10.1. The van der Waals surface area contributed by atoms with Crippen molar-refractivity contribution in [3.05, 3.63) is 16.7 Å². The van der Waals surface area contributed by atoms with Gasteiger partial charge in [-0.05, 0) is 19.8 Å². The summed E-state index contributed by atoms with van der Waals surface area (Å²) < 4.78 is 19.8. The third-order valence-corrected chi connectivity index (χ3v) is 4.74. The number of imidazole rings is 1. The van der Waals surface area contributed by atoms with E-state index in [0.29, 0.717) is 30.6 Å². The second-order valence-electron chi connectivity index (χ2n) is 7.88. The molecule has 4 atom stereocenters. The lowest BCUT2D eigenvalue weighted by Gasteiger charge is -2.24. The van der Waals surface area contributed by atoms with Gasteiger partial charge in [0.15, 0.2) is 23.2 Å². The zero-order valence-corrected chi connectivity index (χ0v) is 15.9. The Bertz CT molecular complexity index is 891. The van der Waals surface area contributed by atoms with Crippen LogP contribution in [0.4, 0.5) is 5.95 Å². The Labute approximate surface area is 156 Å². The van der Waals surface area contributed by atoms with E-state index in [0.717, 1.165) is 0 Å². The van der Waals surface area contributed by atoms with E-state index in [1.807, 2.05) is 13.8 Å². The van der Waals surface area contributed by atoms with Crippen LogP contribution in [-0.2, 0) is 14.2 Å². The molecule has 2 aliphatic rings. The molecule has 4 rings (SSSR count). The zero-order chi connectivity index (χ0) is 19.3. The molecular weight excluding hydrogens is 352 g/mol. The number of fused-ring (bicyclic) bond motifs is 2. The van der Waals surface area contributed by atoms with Crippen LogP contribution >= 0.6 is 0 Å². The number of nitrogens with one attached hydrogen (secondary N) is 2. The van der Waals surface area contributed by atoms with Crippen molar-refractivity contribution in [2.24, 2.45) is 11.7 Å². The molecule has 0 saturated carbocycles. The van der Waals surface area contributed by atoms with Crippen LogP contribution in [0.15, 0.2) is 11.1 Å². The summed E-state index contributed by atoms with van der Waals surface area (Å²) in [6, 6.07) is 0. The molecule has 0 radical (unpaired) electrons. The number of nitrogens with two attached hydrogens (primary N) is 1. The summed E-state index contributed by atoms with van der Waals surface area (Å²) in [6.45, 7) is 8.86. The van der Waals surface area contributed by atoms with Crippen molar-refractivity contribution in [3.63, 3.8) is 0 Å². The number of aromatic amines is 1. The monoisotopic (exact) mass is 378 g/mol. The van der Waals surface area contributed by atoms with Crippen molar-refractivity contribution in [2.45, 2.75) is 58.0 Å². The minimum absolute atomic E-state index is 0.250. The Balaban J connectivity index is 1.72. The largest absolute Gasteiger partial charge is 0.355 e. The van der Waals surface area contributed by atoms with Gasteiger partial charge in [0.25, 0.3) is 5.56 Å². The molecule has 0 aromatic carbocycles. The molecule has 0 bridgehead atoms. The topological polar surface area (TPSA) is 129 Å². The molecule has 2 aliphatic heterocycles. The Morgan fingerprint density at radius 3 is 2.81 bits per heavy atom. The molecule has 10 heteroatoms. The molecule has 4 N–H and O–H groups in total. The van der Waals surface area contributed by atoms with Crippen LogP contribution in [0.2, 0.25) is 0 Å². The quantitative estimate of drug-likeness (QED) is 0.688. The number of aromatic nitrogens is 4. The maximum Gasteiger partial charge on any atom is 0.280 e. The number of ether oxygens (including phenoxy) is 3. The van der Waals surface area contributed by atoms with Gasteiger partial charge in [-0.25, -0.2) is 4.98 Å². The molecule has 148 valence electrons. The van der Waals surface area contributed by atoms with Crippen LogP contribution in [-0.4, -0.2) is 56.7 Å². The summed E-state index contributed by atoms with van der Waals surface area (Å²) in [6.07, 6.45) is 0.0727. The third kappa shape index (κ3) is 3.22. The predicted octanol–water partition coefficient (Wildman–Crippen LogP) is 0.564. The molecular formula is C17H26N6O4. The van der Waals surface area contributed by atoms with Gasteiger partial charge in [0.1, 0.15) is 18.3 Å². The van der Waals surface area contributed by atoms with Crippen molar-refractivity contribution >= 4 is 17.1 Å². The first-order valence-corrected chi connectivity index (χ1v) is 9.21. The highest BCUT2D eigenvalue weighted by molar-refractivity contribution is 5.71. The Kier molecular flexibility index (Phi) is 4.46. The highest BCUT2D eigenvalue weighted by atomic mass is 16.8. The fourth-order valence-corrected chi connectivity index (χ4v) is 3.57. The number of rotatable bonds is 5. The van der Waals surface area contributed by atoms with E-state index >= 15 is 0 Å². The summed E-state index contributed by atoms with van der Waals surface area (Å²) in [5.41, 5.74) is 6.23. The predicted molar refractivity (Wildman–Crippen MR) is 98.3 cm³/mol. The van der Waals surface area contributed by atoms with Crippen molar-refractivity contribution in [2.75, 3.05) is 18.4 Å². The van der Waals surface area contributed by atoms with Gasteiger partial charge in [-0.15, -0.1) is 0 Å². The van der Waals surface area contributed by atoms with E-state index in [1.165, 1.54) is 0 Å². The summed E-state index contributed by atoms with van der Waals surface area (Å²) in [4.78, 5) is 23.9. The Hall–Kier alpha value is -2.01. The van der Waals surface area contributed by atoms with Crippen molar-refractivity contribution < 1.29 is 14.2 Å². The minimum Gasteiger partial charge on any atom is -0.355 e. The molecule has 0 amide bonds. The van der Waals surface area contributed by atoms with Gasteiger partial charge in [0.2, 0.25) is 5.95 Å². The average Bonchev–Trinajstić information content (AvgIpc) is 3.23. The van der Waals surface area contributed by atoms with Crippen LogP contribution in [0.5, 0.6) is 0 Å². The van der Waals surface area contributed by atoms with Crippen LogP contribution < -0.4 is 16.6 Å². The minimum atomic E-state index is -0.726. The maximum atomic E-state index is 12.4. The normalized spacial score (nSPS) is 29.6. The van der Waals surface area contributed by atoms with Gasteiger partial charge in [0, 0.05) is 13.1 Å². The van der Waals surface area contributed by atoms with Crippen molar-refractivity contribution in [3.8, 4) is 0 Å². The number of nitrogens with zero attached hydrogens (tertiary/aromatic N) is 3. The number of hydrogen-bond acceptors (Lipinski definition) is 8. The van der Waals surface area contributed by atoms with E-state index < -0.39 is 12.0 Å². The van der Waals surface area contributed by atoms with Crippen LogP contribution in [0, 0.1) is 5.92 Å². The summed E-state index contributed by atoms with van der Waals surface area (Å²) in [5, 5.41) is 3.14. The van der Waals surface area contributed by atoms with Gasteiger partial charge in [0.05, 0.1) is 6.33 Å². The smallest absolute Gasteiger partial charge is 0.280 e. The van der Waals surface area contributed by atoms with Gasteiger partial charge < -0.3 is 25.3 Å². The second-order valence-corrected chi connectivity index (χ2v) is 7.88. The lowest BCUT2D eigenvalue weighted by Crippen LogP contribution is -2.34. The molecule has 4 heterocycles. The molecule has 10 nitrogen and oxygen atoms in total. The van der Waals surface area contributed by atoms with Gasteiger partial charge in [-0.2, -0.15) is 4.98 Å². The molecule has 2 fully saturated rings. The van der Waals surface area contributed by atoms with Crippen molar-refractivity contribution in [1.29, 1.82) is 0 Å². The number of anilines is 1. The van der Waals surface area contributed by atoms with Gasteiger partial charge in [-0.3, -0.25) is 14.3 Å². The van der Waals surface area contributed by atoms with Crippen LogP contribution in [0.3, 0.4) is 0 Å². The number of H-pyrrole nitrogens is 1. The maximum absolute atomic E-state index is 12.4. The lowest BCUT2D eigenvalue weighted by molar-refractivity contribution is -0.195. The van der Waals surface area contributed by atoms with Gasteiger partial charge >= 0.3 is 0 Å². The van der Waals surface area contributed by atoms with E-state index in [4.69, 9.17) is 19.9 Å². The Morgan fingerprint density at radius 2 is 2.11 bits per heavy atom.